The van der Waals surface area contributed by atoms with E-state index in [0.717, 1.165) is 0 Å². The van der Waals surface area contributed by atoms with Gasteiger partial charge in [0.2, 0.25) is 5.78 Å². The predicted octanol–water partition coefficient (Wildman–Crippen LogP) is 1.21. The second-order valence-electron chi connectivity index (χ2n) is 4.14. The van der Waals surface area contributed by atoms with Crippen molar-refractivity contribution in [1.29, 1.82) is 0 Å². The van der Waals surface area contributed by atoms with Crippen LogP contribution in [-0.4, -0.2) is 43.0 Å². The van der Waals surface area contributed by atoms with Gasteiger partial charge in [0.15, 0.2) is 11.5 Å². The SMILES string of the molecule is COc1ccc(C(=O)C(C[S+](C)C)=NOC(N)=O)cc1. The number of carbonyl (C=O) groups excluding carboxylic acids is 2. The van der Waals surface area contributed by atoms with E-state index in [2.05, 4.69) is 9.99 Å². The molecule has 108 valence electrons. The molecule has 0 unspecified atom stereocenters. The van der Waals surface area contributed by atoms with Crippen molar-refractivity contribution in [2.75, 3.05) is 25.4 Å². The van der Waals surface area contributed by atoms with Gasteiger partial charge in [-0.3, -0.25) is 9.63 Å². The molecule has 0 bridgehead atoms. The molecule has 0 aliphatic carbocycles. The number of primary amides is 1. The van der Waals surface area contributed by atoms with Crippen LogP contribution in [0.4, 0.5) is 4.79 Å². The molecule has 1 aromatic rings. The molecule has 0 saturated carbocycles. The van der Waals surface area contributed by atoms with Crippen LogP contribution in [0.3, 0.4) is 0 Å². The Bertz CT molecular complexity index is 512. The maximum Gasteiger partial charge on any atom is 0.430 e. The van der Waals surface area contributed by atoms with Crippen LogP contribution in [0.1, 0.15) is 10.4 Å². The standard InChI is InChI=1S/C13H16N2O4S/c1-18-10-6-4-9(5-7-10)12(16)11(8-20(2)3)15-19-13(14)17/h4-7H,8H2,1-3H3,(H-,14,17)/p+1. The molecule has 1 rings (SSSR count). The molecule has 0 fully saturated rings. The summed E-state index contributed by atoms with van der Waals surface area (Å²) in [7, 11) is 1.48. The van der Waals surface area contributed by atoms with Crippen LogP contribution in [0.2, 0.25) is 0 Å². The third-order valence-electron chi connectivity index (χ3n) is 2.29. The maximum absolute atomic E-state index is 12.3. The predicted molar refractivity (Wildman–Crippen MR) is 79.5 cm³/mol. The van der Waals surface area contributed by atoms with Crippen molar-refractivity contribution in [2.24, 2.45) is 10.9 Å². The molecule has 20 heavy (non-hydrogen) atoms. The third kappa shape index (κ3) is 4.93. The Morgan fingerprint density at radius 3 is 2.30 bits per heavy atom. The van der Waals surface area contributed by atoms with E-state index in [1.165, 1.54) is 0 Å². The zero-order chi connectivity index (χ0) is 15.1. The van der Waals surface area contributed by atoms with Crippen LogP contribution < -0.4 is 10.5 Å². The fourth-order valence-corrected chi connectivity index (χ4v) is 2.15. The minimum Gasteiger partial charge on any atom is -0.497 e. The van der Waals surface area contributed by atoms with E-state index in [4.69, 9.17) is 10.5 Å². The molecule has 1 amide bonds. The van der Waals surface area contributed by atoms with E-state index in [-0.39, 0.29) is 22.4 Å². The summed E-state index contributed by atoms with van der Waals surface area (Å²) in [6.45, 7) is 0. The van der Waals surface area contributed by atoms with E-state index in [0.29, 0.717) is 17.1 Å². The first kappa shape index (κ1) is 16.0. The summed E-state index contributed by atoms with van der Waals surface area (Å²) < 4.78 is 5.03. The lowest BCUT2D eigenvalue weighted by atomic mass is 10.1. The van der Waals surface area contributed by atoms with Crippen molar-refractivity contribution >= 4 is 28.5 Å². The highest BCUT2D eigenvalue weighted by molar-refractivity contribution is 7.96. The number of rotatable bonds is 6. The molecule has 0 aliphatic heterocycles. The number of ether oxygens (including phenoxy) is 1. The Labute approximate surface area is 120 Å². The summed E-state index contributed by atoms with van der Waals surface area (Å²) in [5.41, 5.74) is 5.47. The number of carbonyl (C=O) groups is 2. The van der Waals surface area contributed by atoms with Gasteiger partial charge < -0.3 is 10.5 Å². The van der Waals surface area contributed by atoms with Crippen LogP contribution in [0.5, 0.6) is 5.75 Å². The number of benzene rings is 1. The van der Waals surface area contributed by atoms with Gasteiger partial charge in [0.05, 0.1) is 19.6 Å². The summed E-state index contributed by atoms with van der Waals surface area (Å²) in [4.78, 5) is 27.3. The number of Topliss-reactive ketones (excluding diaryl/α,β-unsaturated/α-hetero) is 1. The average Bonchev–Trinajstić information content (AvgIpc) is 2.42. The first-order chi connectivity index (χ1) is 9.43. The van der Waals surface area contributed by atoms with Gasteiger partial charge in [-0.05, 0) is 35.2 Å². The Balaban J connectivity index is 2.96. The molecular weight excluding hydrogens is 280 g/mol. The number of amides is 1. The molecule has 0 atom stereocenters. The zero-order valence-electron chi connectivity index (χ0n) is 11.6. The second-order valence-corrected chi connectivity index (χ2v) is 6.40. The summed E-state index contributed by atoms with van der Waals surface area (Å²) in [5.74, 6) is 0.771. The van der Waals surface area contributed by atoms with Crippen LogP contribution in [0.25, 0.3) is 0 Å². The van der Waals surface area contributed by atoms with Crippen molar-refractivity contribution in [3.05, 3.63) is 29.8 Å². The molecule has 1 aromatic carbocycles. The molecule has 0 heterocycles. The van der Waals surface area contributed by atoms with Crippen molar-refractivity contribution in [1.82, 2.24) is 0 Å². The van der Waals surface area contributed by atoms with Gasteiger partial charge >= 0.3 is 6.09 Å². The molecular formula is C13H17N2O4S+. The number of oxime groups is 1. The monoisotopic (exact) mass is 297 g/mol. The van der Waals surface area contributed by atoms with Crippen molar-refractivity contribution in [3.8, 4) is 5.75 Å². The number of nitrogens with zero attached hydrogens (tertiary/aromatic N) is 1. The van der Waals surface area contributed by atoms with Gasteiger partial charge in [-0.15, -0.1) is 0 Å². The van der Waals surface area contributed by atoms with Gasteiger partial charge in [-0.2, -0.15) is 0 Å². The smallest absolute Gasteiger partial charge is 0.430 e. The van der Waals surface area contributed by atoms with Gasteiger partial charge in [0.1, 0.15) is 5.75 Å². The van der Waals surface area contributed by atoms with E-state index >= 15 is 0 Å². The lowest BCUT2D eigenvalue weighted by Gasteiger charge is -2.04. The quantitative estimate of drug-likeness (QED) is 0.281. The van der Waals surface area contributed by atoms with Crippen LogP contribution in [-0.2, 0) is 15.7 Å². The Morgan fingerprint density at radius 1 is 1.25 bits per heavy atom. The average molecular weight is 297 g/mol. The van der Waals surface area contributed by atoms with E-state index in [1.54, 1.807) is 31.4 Å². The fourth-order valence-electron chi connectivity index (χ4n) is 1.42. The maximum atomic E-state index is 12.3. The van der Waals surface area contributed by atoms with Gasteiger partial charge in [0, 0.05) is 5.56 Å². The van der Waals surface area contributed by atoms with Crippen LogP contribution >= 0.6 is 0 Å². The normalized spacial score (nSPS) is 11.3. The minimum absolute atomic E-state index is 0.0691. The third-order valence-corrected chi connectivity index (χ3v) is 3.14. The topological polar surface area (TPSA) is 91.0 Å². The number of methoxy groups -OCH3 is 1. The lowest BCUT2D eigenvalue weighted by Crippen LogP contribution is -2.25. The van der Waals surface area contributed by atoms with E-state index < -0.39 is 6.09 Å². The summed E-state index contributed by atoms with van der Waals surface area (Å²) in [6.07, 6.45) is 2.87. The van der Waals surface area contributed by atoms with Crippen molar-refractivity contribution < 1.29 is 19.2 Å². The molecule has 0 aromatic heterocycles. The van der Waals surface area contributed by atoms with Crippen LogP contribution in [0, 0.1) is 0 Å². The Morgan fingerprint density at radius 2 is 1.85 bits per heavy atom. The summed E-state index contributed by atoms with van der Waals surface area (Å²) in [6, 6.07) is 6.61. The first-order valence-electron chi connectivity index (χ1n) is 5.70. The largest absolute Gasteiger partial charge is 0.497 e. The molecule has 0 saturated heterocycles. The molecule has 0 radical (unpaired) electrons. The Hall–Kier alpha value is -2.02. The summed E-state index contributed by atoms with van der Waals surface area (Å²) >= 11 is 0. The van der Waals surface area contributed by atoms with E-state index in [1.807, 2.05) is 12.5 Å². The highest BCUT2D eigenvalue weighted by Crippen LogP contribution is 2.12. The lowest BCUT2D eigenvalue weighted by molar-refractivity contribution is 0.105. The Kier molecular flexibility index (Phi) is 6.05. The van der Waals surface area contributed by atoms with Gasteiger partial charge in [-0.25, -0.2) is 4.79 Å². The molecule has 2 N–H and O–H groups in total. The minimum atomic E-state index is -1.04. The zero-order valence-corrected chi connectivity index (χ0v) is 12.4. The molecule has 7 heteroatoms. The van der Waals surface area contributed by atoms with Gasteiger partial charge in [-0.1, -0.05) is 5.16 Å². The second kappa shape index (κ2) is 7.54. The highest BCUT2D eigenvalue weighted by Gasteiger charge is 2.21. The summed E-state index contributed by atoms with van der Waals surface area (Å²) in [5, 5.41) is 3.55. The molecule has 6 nitrogen and oxygen atoms in total. The molecule has 0 spiro atoms. The van der Waals surface area contributed by atoms with Crippen molar-refractivity contribution in [3.63, 3.8) is 0 Å². The fraction of sp³-hybridized carbons (Fsp3) is 0.308. The number of hydrogen-bond donors (Lipinski definition) is 1. The highest BCUT2D eigenvalue weighted by atomic mass is 32.2. The van der Waals surface area contributed by atoms with Crippen LogP contribution in [0.15, 0.2) is 29.4 Å². The number of hydrogen-bond acceptors (Lipinski definition) is 5. The number of ketones is 1. The first-order valence-corrected chi connectivity index (χ1v) is 7.91. The van der Waals surface area contributed by atoms with Crippen molar-refractivity contribution in [2.45, 2.75) is 0 Å². The van der Waals surface area contributed by atoms with Gasteiger partial charge in [0.25, 0.3) is 0 Å². The molecule has 0 aliphatic rings. The number of nitrogens with two attached hydrogens (primary N) is 1. The van der Waals surface area contributed by atoms with E-state index in [9.17, 15) is 9.59 Å².